The Morgan fingerprint density at radius 3 is 2.93 bits per heavy atom. The standard InChI is InChI=1S/C9H16N4O/c1-7(2)13-4-3-9(10,5-13)8-11-6-14-12-8/h6-7H,3-5,10H2,1-2H3. The van der Waals surface area contributed by atoms with E-state index >= 15 is 0 Å². The quantitative estimate of drug-likeness (QED) is 0.738. The van der Waals surface area contributed by atoms with Gasteiger partial charge in [0.25, 0.3) is 0 Å². The molecule has 78 valence electrons. The van der Waals surface area contributed by atoms with Crippen LogP contribution < -0.4 is 5.73 Å². The summed E-state index contributed by atoms with van der Waals surface area (Å²) in [6, 6.07) is 0.521. The molecule has 5 nitrogen and oxygen atoms in total. The first-order valence-electron chi connectivity index (χ1n) is 4.91. The van der Waals surface area contributed by atoms with Gasteiger partial charge in [-0.15, -0.1) is 0 Å². The molecule has 0 bridgehead atoms. The highest BCUT2D eigenvalue weighted by molar-refractivity contribution is 5.07. The fourth-order valence-corrected chi connectivity index (χ4v) is 1.88. The second kappa shape index (κ2) is 3.33. The molecule has 0 radical (unpaired) electrons. The highest BCUT2D eigenvalue weighted by Gasteiger charge is 2.40. The number of nitrogens with zero attached hydrogens (tertiary/aromatic N) is 3. The van der Waals surface area contributed by atoms with Gasteiger partial charge in [0, 0.05) is 19.1 Å². The maximum atomic E-state index is 6.23. The normalized spacial score (nSPS) is 28.9. The zero-order valence-corrected chi connectivity index (χ0v) is 8.60. The van der Waals surface area contributed by atoms with Gasteiger partial charge in [-0.2, -0.15) is 4.98 Å². The number of nitrogens with two attached hydrogens (primary N) is 1. The average Bonchev–Trinajstić information content (AvgIpc) is 2.71. The molecule has 0 amide bonds. The van der Waals surface area contributed by atoms with E-state index in [9.17, 15) is 0 Å². The highest BCUT2D eigenvalue weighted by atomic mass is 16.5. The zero-order chi connectivity index (χ0) is 10.2. The second-order valence-electron chi connectivity index (χ2n) is 4.23. The molecule has 1 fully saturated rings. The molecule has 0 aromatic carbocycles. The number of hydrogen-bond acceptors (Lipinski definition) is 5. The molecule has 0 saturated carbocycles. The summed E-state index contributed by atoms with van der Waals surface area (Å²) in [6.45, 7) is 6.15. The van der Waals surface area contributed by atoms with Crippen LogP contribution in [-0.4, -0.2) is 34.2 Å². The van der Waals surface area contributed by atoms with E-state index in [4.69, 9.17) is 10.3 Å². The van der Waals surface area contributed by atoms with E-state index in [1.807, 2.05) is 0 Å². The van der Waals surface area contributed by atoms with Gasteiger partial charge in [0.2, 0.25) is 6.39 Å². The average molecular weight is 196 g/mol. The highest BCUT2D eigenvalue weighted by Crippen LogP contribution is 2.27. The fraction of sp³-hybridized carbons (Fsp3) is 0.778. The van der Waals surface area contributed by atoms with Crippen LogP contribution in [0.5, 0.6) is 0 Å². The lowest BCUT2D eigenvalue weighted by atomic mass is 10.00. The minimum Gasteiger partial charge on any atom is -0.343 e. The second-order valence-corrected chi connectivity index (χ2v) is 4.23. The third-order valence-electron chi connectivity index (χ3n) is 2.87. The first kappa shape index (κ1) is 9.61. The van der Waals surface area contributed by atoms with Crippen molar-refractivity contribution >= 4 is 0 Å². The molecule has 1 aromatic heterocycles. The van der Waals surface area contributed by atoms with E-state index in [2.05, 4.69) is 28.9 Å². The van der Waals surface area contributed by atoms with Crippen LogP contribution in [0, 0.1) is 0 Å². The molecular weight excluding hydrogens is 180 g/mol. The molecule has 2 N–H and O–H groups in total. The summed E-state index contributed by atoms with van der Waals surface area (Å²) in [4.78, 5) is 6.36. The van der Waals surface area contributed by atoms with Gasteiger partial charge in [0.05, 0.1) is 5.54 Å². The van der Waals surface area contributed by atoms with E-state index in [-0.39, 0.29) is 0 Å². The van der Waals surface area contributed by atoms with Crippen LogP contribution in [0.1, 0.15) is 26.1 Å². The molecule has 1 aliphatic heterocycles. The van der Waals surface area contributed by atoms with Crippen LogP contribution in [0.2, 0.25) is 0 Å². The SMILES string of the molecule is CC(C)N1CCC(N)(c2ncon2)C1. The molecule has 2 rings (SSSR count). The summed E-state index contributed by atoms with van der Waals surface area (Å²) in [6.07, 6.45) is 2.23. The van der Waals surface area contributed by atoms with Crippen LogP contribution >= 0.6 is 0 Å². The van der Waals surface area contributed by atoms with Crippen LogP contribution in [0.25, 0.3) is 0 Å². The van der Waals surface area contributed by atoms with Crippen molar-refractivity contribution in [2.24, 2.45) is 5.73 Å². The van der Waals surface area contributed by atoms with Gasteiger partial charge in [-0.25, -0.2) is 0 Å². The maximum Gasteiger partial charge on any atom is 0.213 e. The molecule has 5 heteroatoms. The van der Waals surface area contributed by atoms with Crippen molar-refractivity contribution in [2.75, 3.05) is 13.1 Å². The summed E-state index contributed by atoms with van der Waals surface area (Å²) in [5.41, 5.74) is 5.81. The van der Waals surface area contributed by atoms with Gasteiger partial charge in [0.1, 0.15) is 0 Å². The Balaban J connectivity index is 2.13. The summed E-state index contributed by atoms with van der Waals surface area (Å²) < 4.78 is 4.73. The summed E-state index contributed by atoms with van der Waals surface area (Å²) in [5.74, 6) is 0.626. The Hall–Kier alpha value is -0.940. The molecule has 1 unspecified atom stereocenters. The van der Waals surface area contributed by atoms with Gasteiger partial charge in [-0.05, 0) is 20.3 Å². The minimum absolute atomic E-state index is 0.419. The number of hydrogen-bond donors (Lipinski definition) is 1. The molecule has 1 saturated heterocycles. The lowest BCUT2D eigenvalue weighted by Gasteiger charge is -2.23. The largest absolute Gasteiger partial charge is 0.343 e. The zero-order valence-electron chi connectivity index (χ0n) is 8.60. The van der Waals surface area contributed by atoms with Gasteiger partial charge in [-0.1, -0.05) is 5.16 Å². The number of aromatic nitrogens is 2. The van der Waals surface area contributed by atoms with E-state index in [0.717, 1.165) is 19.5 Å². The van der Waals surface area contributed by atoms with Crippen LogP contribution in [0.3, 0.4) is 0 Å². The first-order valence-corrected chi connectivity index (χ1v) is 4.91. The summed E-state index contributed by atoms with van der Waals surface area (Å²) in [7, 11) is 0. The van der Waals surface area contributed by atoms with E-state index in [1.165, 1.54) is 6.39 Å². The minimum atomic E-state index is -0.419. The summed E-state index contributed by atoms with van der Waals surface area (Å²) in [5, 5.41) is 3.83. The lowest BCUT2D eigenvalue weighted by molar-refractivity contribution is 0.252. The number of likely N-dealkylation sites (tertiary alicyclic amines) is 1. The van der Waals surface area contributed by atoms with Crippen LogP contribution in [0.4, 0.5) is 0 Å². The van der Waals surface area contributed by atoms with E-state index < -0.39 is 5.54 Å². The van der Waals surface area contributed by atoms with Crippen molar-refractivity contribution in [1.29, 1.82) is 0 Å². The Labute approximate surface area is 83.3 Å². The molecule has 1 aromatic rings. The molecule has 1 atom stereocenters. The Morgan fingerprint density at radius 2 is 2.43 bits per heavy atom. The van der Waals surface area contributed by atoms with Crippen LogP contribution in [0.15, 0.2) is 10.9 Å². The fourth-order valence-electron chi connectivity index (χ4n) is 1.88. The summed E-state index contributed by atoms with van der Waals surface area (Å²) >= 11 is 0. The van der Waals surface area contributed by atoms with Gasteiger partial charge in [0.15, 0.2) is 5.82 Å². The van der Waals surface area contributed by atoms with Crippen molar-refractivity contribution < 1.29 is 4.52 Å². The Morgan fingerprint density at radius 1 is 1.64 bits per heavy atom. The number of rotatable bonds is 2. The van der Waals surface area contributed by atoms with Crippen molar-refractivity contribution in [1.82, 2.24) is 15.0 Å². The lowest BCUT2D eigenvalue weighted by Crippen LogP contribution is -2.42. The van der Waals surface area contributed by atoms with Gasteiger partial charge >= 0.3 is 0 Å². The topological polar surface area (TPSA) is 68.2 Å². The Kier molecular flexibility index (Phi) is 2.28. The van der Waals surface area contributed by atoms with Crippen molar-refractivity contribution in [3.63, 3.8) is 0 Å². The Bertz CT molecular complexity index is 298. The third-order valence-corrected chi connectivity index (χ3v) is 2.87. The molecule has 0 aliphatic carbocycles. The van der Waals surface area contributed by atoms with Crippen molar-refractivity contribution in [3.05, 3.63) is 12.2 Å². The molecule has 2 heterocycles. The van der Waals surface area contributed by atoms with Gasteiger partial charge < -0.3 is 10.3 Å². The first-order chi connectivity index (χ1) is 6.62. The van der Waals surface area contributed by atoms with Crippen molar-refractivity contribution in [3.8, 4) is 0 Å². The van der Waals surface area contributed by atoms with Gasteiger partial charge in [-0.3, -0.25) is 4.90 Å². The molecular formula is C9H16N4O. The van der Waals surface area contributed by atoms with E-state index in [1.54, 1.807) is 0 Å². The predicted octanol–water partition coefficient (Wildman–Crippen LogP) is 0.338. The monoisotopic (exact) mass is 196 g/mol. The van der Waals surface area contributed by atoms with Crippen LogP contribution in [-0.2, 0) is 5.54 Å². The van der Waals surface area contributed by atoms with E-state index in [0.29, 0.717) is 11.9 Å². The molecule has 14 heavy (non-hydrogen) atoms. The molecule has 0 spiro atoms. The van der Waals surface area contributed by atoms with Crippen molar-refractivity contribution in [2.45, 2.75) is 31.8 Å². The smallest absolute Gasteiger partial charge is 0.213 e. The molecule has 1 aliphatic rings. The third kappa shape index (κ3) is 1.53. The predicted molar refractivity (Wildman–Crippen MR) is 51.5 cm³/mol. The maximum absolute atomic E-state index is 6.23.